The summed E-state index contributed by atoms with van der Waals surface area (Å²) >= 11 is 1.84. The third kappa shape index (κ3) is 2.60. The molecule has 2 rings (SSSR count). The van der Waals surface area contributed by atoms with Crippen LogP contribution in [0.4, 0.5) is 0 Å². The molecule has 1 saturated carbocycles. The first-order valence-corrected chi connectivity index (χ1v) is 6.50. The lowest BCUT2D eigenvalue weighted by Gasteiger charge is -2.17. The van der Waals surface area contributed by atoms with Crippen LogP contribution in [0.1, 0.15) is 31.6 Å². The fraction of sp³-hybridized carbons (Fsp3) is 0.667. The molecule has 1 aromatic rings. The molecule has 0 aliphatic heterocycles. The maximum atomic E-state index is 5.63. The molecule has 0 spiro atoms. The van der Waals surface area contributed by atoms with Crippen molar-refractivity contribution in [2.75, 3.05) is 0 Å². The number of rotatable bonds is 5. The minimum atomic E-state index is 0.488. The van der Waals surface area contributed by atoms with E-state index in [0.717, 1.165) is 18.8 Å². The van der Waals surface area contributed by atoms with Crippen molar-refractivity contribution in [3.63, 3.8) is 0 Å². The van der Waals surface area contributed by atoms with Crippen molar-refractivity contribution >= 4 is 11.3 Å². The smallest absolute Gasteiger partial charge is 0.0247 e. The average Bonchev–Trinajstić information content (AvgIpc) is 2.68. The largest absolute Gasteiger partial charge is 0.271 e. The molecule has 1 heterocycles. The fourth-order valence-electron chi connectivity index (χ4n) is 2.35. The average molecular weight is 224 g/mol. The van der Waals surface area contributed by atoms with E-state index in [-0.39, 0.29) is 0 Å². The quantitative estimate of drug-likeness (QED) is 0.596. The van der Waals surface area contributed by atoms with Crippen LogP contribution >= 0.6 is 11.3 Å². The molecule has 1 aromatic heterocycles. The highest BCUT2D eigenvalue weighted by molar-refractivity contribution is 7.09. The molecular weight excluding hydrogens is 204 g/mol. The topological polar surface area (TPSA) is 38.0 Å². The highest BCUT2D eigenvalue weighted by Crippen LogP contribution is 2.54. The molecule has 2 atom stereocenters. The van der Waals surface area contributed by atoms with Crippen molar-refractivity contribution in [1.29, 1.82) is 0 Å². The monoisotopic (exact) mass is 224 g/mol. The molecule has 0 aromatic carbocycles. The highest BCUT2D eigenvalue weighted by Gasteiger charge is 2.49. The van der Waals surface area contributed by atoms with Crippen LogP contribution in [0.2, 0.25) is 0 Å². The van der Waals surface area contributed by atoms with Gasteiger partial charge in [-0.3, -0.25) is 11.3 Å². The van der Waals surface area contributed by atoms with Gasteiger partial charge in [-0.25, -0.2) is 0 Å². The van der Waals surface area contributed by atoms with Crippen molar-refractivity contribution in [2.24, 2.45) is 17.2 Å². The highest BCUT2D eigenvalue weighted by atomic mass is 32.1. The molecule has 1 aliphatic rings. The summed E-state index contributed by atoms with van der Waals surface area (Å²) in [6.07, 6.45) is 3.62. The molecule has 0 bridgehead atoms. The van der Waals surface area contributed by atoms with Gasteiger partial charge in [0.25, 0.3) is 0 Å². The summed E-state index contributed by atoms with van der Waals surface area (Å²) < 4.78 is 0. The van der Waals surface area contributed by atoms with Crippen molar-refractivity contribution in [1.82, 2.24) is 5.43 Å². The third-order valence-electron chi connectivity index (χ3n) is 3.57. The Hall–Kier alpha value is -0.380. The molecular formula is C12H20N2S. The van der Waals surface area contributed by atoms with Gasteiger partial charge < -0.3 is 0 Å². The van der Waals surface area contributed by atoms with Crippen molar-refractivity contribution in [3.8, 4) is 0 Å². The first-order chi connectivity index (χ1) is 7.13. The van der Waals surface area contributed by atoms with Crippen LogP contribution in [-0.2, 0) is 6.42 Å². The second-order valence-electron chi connectivity index (χ2n) is 5.19. The Morgan fingerprint density at radius 1 is 1.67 bits per heavy atom. The van der Waals surface area contributed by atoms with Gasteiger partial charge >= 0.3 is 0 Å². The summed E-state index contributed by atoms with van der Waals surface area (Å²) in [7, 11) is 0. The second kappa shape index (κ2) is 4.24. The lowest BCUT2D eigenvalue weighted by atomic mass is 10.00. The van der Waals surface area contributed by atoms with Gasteiger partial charge in [0.15, 0.2) is 0 Å². The molecule has 84 valence electrons. The van der Waals surface area contributed by atoms with E-state index in [4.69, 9.17) is 5.84 Å². The molecule has 2 nitrogen and oxygen atoms in total. The zero-order valence-corrected chi connectivity index (χ0v) is 10.3. The van der Waals surface area contributed by atoms with E-state index < -0.39 is 0 Å². The van der Waals surface area contributed by atoms with Gasteiger partial charge in [-0.15, -0.1) is 11.3 Å². The standard InChI is InChI=1S/C12H20N2S/c1-12(2)8-10(12)11(14-13)6-5-9-4-3-7-15-9/h3-4,7,10-11,14H,5-6,8,13H2,1-2H3. The number of aryl methyl sites for hydroxylation is 1. The zero-order valence-electron chi connectivity index (χ0n) is 9.49. The number of hydrogen-bond donors (Lipinski definition) is 2. The Morgan fingerprint density at radius 2 is 2.40 bits per heavy atom. The molecule has 0 saturated heterocycles. The van der Waals surface area contributed by atoms with E-state index in [9.17, 15) is 0 Å². The maximum Gasteiger partial charge on any atom is 0.0247 e. The summed E-state index contributed by atoms with van der Waals surface area (Å²) in [5.41, 5.74) is 3.49. The lowest BCUT2D eigenvalue weighted by Crippen LogP contribution is -2.38. The Labute approximate surface area is 95.8 Å². The molecule has 15 heavy (non-hydrogen) atoms. The number of nitrogens with one attached hydrogen (secondary N) is 1. The minimum Gasteiger partial charge on any atom is -0.271 e. The van der Waals surface area contributed by atoms with Crippen LogP contribution < -0.4 is 11.3 Å². The van der Waals surface area contributed by atoms with Gasteiger partial charge in [-0.2, -0.15) is 0 Å². The predicted molar refractivity (Wildman–Crippen MR) is 65.6 cm³/mol. The number of thiophene rings is 1. The fourth-order valence-corrected chi connectivity index (χ4v) is 3.07. The molecule has 1 aliphatic carbocycles. The van der Waals surface area contributed by atoms with Crippen LogP contribution in [0, 0.1) is 11.3 Å². The van der Waals surface area contributed by atoms with Crippen LogP contribution in [0.5, 0.6) is 0 Å². The van der Waals surface area contributed by atoms with E-state index in [0.29, 0.717) is 11.5 Å². The Kier molecular flexibility index (Phi) is 3.14. The van der Waals surface area contributed by atoms with Gasteiger partial charge in [0, 0.05) is 10.9 Å². The molecule has 3 N–H and O–H groups in total. The van der Waals surface area contributed by atoms with Crippen LogP contribution in [0.15, 0.2) is 17.5 Å². The predicted octanol–water partition coefficient (Wildman–Crippen LogP) is 2.56. The lowest BCUT2D eigenvalue weighted by molar-refractivity contribution is 0.391. The third-order valence-corrected chi connectivity index (χ3v) is 4.51. The van der Waals surface area contributed by atoms with Gasteiger partial charge in [0.1, 0.15) is 0 Å². The van der Waals surface area contributed by atoms with E-state index in [1.807, 2.05) is 11.3 Å². The summed E-state index contributed by atoms with van der Waals surface area (Å²) in [6.45, 7) is 4.65. The van der Waals surface area contributed by atoms with Gasteiger partial charge in [0.2, 0.25) is 0 Å². The van der Waals surface area contributed by atoms with Gasteiger partial charge in [-0.05, 0) is 42.0 Å². The zero-order chi connectivity index (χ0) is 10.9. The van der Waals surface area contributed by atoms with Gasteiger partial charge in [-0.1, -0.05) is 19.9 Å². The normalized spacial score (nSPS) is 25.1. The van der Waals surface area contributed by atoms with E-state index in [1.54, 1.807) is 0 Å². The van der Waals surface area contributed by atoms with E-state index in [2.05, 4.69) is 36.8 Å². The number of hydrazine groups is 1. The SMILES string of the molecule is CC1(C)CC1C(CCc1cccs1)NN. The number of nitrogens with two attached hydrogens (primary N) is 1. The summed E-state index contributed by atoms with van der Waals surface area (Å²) in [5.74, 6) is 6.39. The Balaban J connectivity index is 1.82. The molecule has 1 fully saturated rings. The molecule has 3 heteroatoms. The Bertz CT molecular complexity index is 305. The first kappa shape index (κ1) is 11.1. The summed E-state index contributed by atoms with van der Waals surface area (Å²) in [4.78, 5) is 1.47. The molecule has 2 unspecified atom stereocenters. The molecule has 0 amide bonds. The van der Waals surface area contributed by atoms with Crippen molar-refractivity contribution < 1.29 is 0 Å². The summed E-state index contributed by atoms with van der Waals surface area (Å²) in [5, 5.41) is 2.14. The Morgan fingerprint density at radius 3 is 2.87 bits per heavy atom. The number of hydrogen-bond acceptors (Lipinski definition) is 3. The van der Waals surface area contributed by atoms with E-state index >= 15 is 0 Å². The maximum absolute atomic E-state index is 5.63. The first-order valence-electron chi connectivity index (χ1n) is 5.62. The summed E-state index contributed by atoms with van der Waals surface area (Å²) in [6, 6.07) is 4.81. The minimum absolute atomic E-state index is 0.488. The molecule has 0 radical (unpaired) electrons. The van der Waals surface area contributed by atoms with Crippen molar-refractivity contribution in [2.45, 2.75) is 39.2 Å². The van der Waals surface area contributed by atoms with Crippen LogP contribution in [0.25, 0.3) is 0 Å². The van der Waals surface area contributed by atoms with Gasteiger partial charge in [0.05, 0.1) is 0 Å². The van der Waals surface area contributed by atoms with Crippen LogP contribution in [-0.4, -0.2) is 6.04 Å². The van der Waals surface area contributed by atoms with Crippen molar-refractivity contribution in [3.05, 3.63) is 22.4 Å². The van der Waals surface area contributed by atoms with Crippen LogP contribution in [0.3, 0.4) is 0 Å². The van der Waals surface area contributed by atoms with E-state index in [1.165, 1.54) is 11.3 Å². The second-order valence-corrected chi connectivity index (χ2v) is 6.22.